The van der Waals surface area contributed by atoms with Gasteiger partial charge < -0.3 is 14.2 Å². The summed E-state index contributed by atoms with van der Waals surface area (Å²) in [4.78, 5) is 11.5. The van der Waals surface area contributed by atoms with Gasteiger partial charge >= 0.3 is 0 Å². The van der Waals surface area contributed by atoms with Gasteiger partial charge in [-0.2, -0.15) is 0 Å². The van der Waals surface area contributed by atoms with E-state index in [0.717, 1.165) is 0 Å². The molecule has 0 saturated heterocycles. The first-order valence-electron chi connectivity index (χ1n) is 4.40. The normalized spacial score (nSPS) is 12.3. The highest BCUT2D eigenvalue weighted by molar-refractivity contribution is 6.06. The number of ether oxygens (including phenoxy) is 3. The van der Waals surface area contributed by atoms with E-state index in [9.17, 15) is 4.79 Å². The Hall–Kier alpha value is -1.97. The van der Waals surface area contributed by atoms with Crippen LogP contribution in [0.15, 0.2) is 24.8 Å². The highest BCUT2D eigenvalue weighted by atomic mass is 16.7. The molecule has 0 unspecified atom stereocenters. The second kappa shape index (κ2) is 3.65. The summed E-state index contributed by atoms with van der Waals surface area (Å²) in [6, 6.07) is 3.24. The number of methoxy groups -OCH3 is 1. The van der Waals surface area contributed by atoms with Gasteiger partial charge in [-0.15, -0.1) is 0 Å². The molecule has 0 atom stereocenters. The van der Waals surface area contributed by atoms with Crippen LogP contribution in [-0.2, 0) is 0 Å². The van der Waals surface area contributed by atoms with Crippen molar-refractivity contribution in [2.24, 2.45) is 0 Å². The number of allylic oxidation sites excluding steroid dienone is 1. The predicted molar refractivity (Wildman–Crippen MR) is 53.6 cm³/mol. The summed E-state index contributed by atoms with van der Waals surface area (Å²) in [5.41, 5.74) is 0.428. The van der Waals surface area contributed by atoms with E-state index in [2.05, 4.69) is 6.58 Å². The molecule has 0 aliphatic carbocycles. The number of carbonyl (C=O) groups excluding carboxylic acids is 1. The van der Waals surface area contributed by atoms with E-state index < -0.39 is 0 Å². The Morgan fingerprint density at radius 3 is 2.73 bits per heavy atom. The van der Waals surface area contributed by atoms with Crippen molar-refractivity contribution in [3.05, 3.63) is 30.4 Å². The summed E-state index contributed by atoms with van der Waals surface area (Å²) in [7, 11) is 1.50. The van der Waals surface area contributed by atoms with Crippen molar-refractivity contribution in [2.75, 3.05) is 13.9 Å². The van der Waals surface area contributed by atoms with Crippen LogP contribution in [0.4, 0.5) is 0 Å². The molecule has 0 radical (unpaired) electrons. The zero-order valence-electron chi connectivity index (χ0n) is 8.28. The van der Waals surface area contributed by atoms with Crippen LogP contribution in [0.3, 0.4) is 0 Å². The summed E-state index contributed by atoms with van der Waals surface area (Å²) in [5, 5.41) is 0. The Labute approximate surface area is 87.1 Å². The molecule has 1 aromatic rings. The van der Waals surface area contributed by atoms with E-state index in [1.807, 2.05) is 0 Å². The van der Waals surface area contributed by atoms with Crippen molar-refractivity contribution >= 4 is 5.78 Å². The Bertz CT molecular complexity index is 423. The quantitative estimate of drug-likeness (QED) is 0.558. The lowest BCUT2D eigenvalue weighted by Crippen LogP contribution is -1.98. The minimum absolute atomic E-state index is 0.171. The largest absolute Gasteiger partial charge is 0.496 e. The van der Waals surface area contributed by atoms with Crippen molar-refractivity contribution in [2.45, 2.75) is 0 Å². The highest BCUT2D eigenvalue weighted by Gasteiger charge is 2.19. The predicted octanol–water partition coefficient (Wildman–Crippen LogP) is 1.79. The topological polar surface area (TPSA) is 44.8 Å². The number of fused-ring (bicyclic) bond motifs is 1. The number of benzene rings is 1. The van der Waals surface area contributed by atoms with Crippen molar-refractivity contribution < 1.29 is 19.0 Å². The Kier molecular flexibility index (Phi) is 2.33. The van der Waals surface area contributed by atoms with Crippen LogP contribution in [-0.4, -0.2) is 19.7 Å². The highest BCUT2D eigenvalue weighted by Crippen LogP contribution is 2.38. The van der Waals surface area contributed by atoms with E-state index in [1.165, 1.54) is 13.2 Å². The lowest BCUT2D eigenvalue weighted by Gasteiger charge is -2.06. The number of hydrogen-bond acceptors (Lipinski definition) is 4. The first kappa shape index (κ1) is 9.58. The Balaban J connectivity index is 2.53. The molecular weight excluding hydrogens is 196 g/mol. The van der Waals surface area contributed by atoms with E-state index in [-0.39, 0.29) is 12.6 Å². The van der Waals surface area contributed by atoms with Gasteiger partial charge in [0.2, 0.25) is 6.79 Å². The summed E-state index contributed by atoms with van der Waals surface area (Å²) >= 11 is 0. The molecule has 0 saturated carbocycles. The third-order valence-electron chi connectivity index (χ3n) is 2.15. The molecule has 4 heteroatoms. The molecule has 0 bridgehead atoms. The molecule has 0 fully saturated rings. The molecule has 0 spiro atoms. The molecule has 2 rings (SSSR count). The van der Waals surface area contributed by atoms with Gasteiger partial charge in [0.25, 0.3) is 0 Å². The number of ketones is 1. The molecule has 0 amide bonds. The van der Waals surface area contributed by atoms with Crippen LogP contribution in [0.5, 0.6) is 17.2 Å². The zero-order chi connectivity index (χ0) is 10.8. The van der Waals surface area contributed by atoms with Crippen molar-refractivity contribution in [3.8, 4) is 17.2 Å². The fourth-order valence-electron chi connectivity index (χ4n) is 1.39. The molecule has 1 aliphatic rings. The van der Waals surface area contributed by atoms with E-state index in [1.54, 1.807) is 12.1 Å². The first-order valence-corrected chi connectivity index (χ1v) is 4.40. The monoisotopic (exact) mass is 206 g/mol. The lowest BCUT2D eigenvalue weighted by atomic mass is 10.1. The molecule has 0 N–H and O–H groups in total. The van der Waals surface area contributed by atoms with Gasteiger partial charge in [-0.1, -0.05) is 6.58 Å². The van der Waals surface area contributed by atoms with Gasteiger partial charge in [-0.25, -0.2) is 0 Å². The molecule has 78 valence electrons. The van der Waals surface area contributed by atoms with Gasteiger partial charge in [0.1, 0.15) is 5.75 Å². The maximum absolute atomic E-state index is 11.5. The second-order valence-corrected chi connectivity index (χ2v) is 2.97. The molecule has 1 aliphatic heterocycles. The average molecular weight is 206 g/mol. The SMILES string of the molecule is C=CC(=O)c1cc2c(cc1OC)OCO2. The summed E-state index contributed by atoms with van der Waals surface area (Å²) < 4.78 is 15.4. The smallest absolute Gasteiger partial charge is 0.231 e. The van der Waals surface area contributed by atoms with Crippen LogP contribution >= 0.6 is 0 Å². The first-order chi connectivity index (χ1) is 7.26. The summed E-state index contributed by atoms with van der Waals surface area (Å²) in [5.74, 6) is 1.41. The molecular formula is C11H10O4. The van der Waals surface area contributed by atoms with Gasteiger partial charge in [0.15, 0.2) is 17.3 Å². The van der Waals surface area contributed by atoms with Gasteiger partial charge in [0, 0.05) is 6.07 Å². The van der Waals surface area contributed by atoms with Crippen molar-refractivity contribution in [1.29, 1.82) is 0 Å². The van der Waals surface area contributed by atoms with Gasteiger partial charge in [-0.05, 0) is 12.1 Å². The van der Waals surface area contributed by atoms with Crippen LogP contribution in [0.2, 0.25) is 0 Å². The third kappa shape index (κ3) is 1.54. The summed E-state index contributed by atoms with van der Waals surface area (Å²) in [6.07, 6.45) is 1.24. The Morgan fingerprint density at radius 1 is 1.47 bits per heavy atom. The van der Waals surface area contributed by atoms with Crippen molar-refractivity contribution in [3.63, 3.8) is 0 Å². The van der Waals surface area contributed by atoms with Crippen molar-refractivity contribution in [1.82, 2.24) is 0 Å². The van der Waals surface area contributed by atoms with Gasteiger partial charge in [-0.3, -0.25) is 4.79 Å². The number of hydrogen-bond donors (Lipinski definition) is 0. The van der Waals surface area contributed by atoms with Crippen LogP contribution < -0.4 is 14.2 Å². The second-order valence-electron chi connectivity index (χ2n) is 2.97. The third-order valence-corrected chi connectivity index (χ3v) is 2.15. The maximum atomic E-state index is 11.5. The van der Waals surface area contributed by atoms with Gasteiger partial charge in [0.05, 0.1) is 12.7 Å². The average Bonchev–Trinajstić information content (AvgIpc) is 2.73. The fraction of sp³-hybridized carbons (Fsp3) is 0.182. The number of carbonyl (C=O) groups is 1. The standard InChI is InChI=1S/C11H10O4/c1-3-8(12)7-4-10-11(15-6-14-10)5-9(7)13-2/h3-5H,1,6H2,2H3. The van der Waals surface area contributed by atoms with Crippen LogP contribution in [0.1, 0.15) is 10.4 Å². The lowest BCUT2D eigenvalue weighted by molar-refractivity contribution is 0.104. The Morgan fingerprint density at radius 2 is 2.13 bits per heavy atom. The molecule has 1 heterocycles. The van der Waals surface area contributed by atoms with E-state index >= 15 is 0 Å². The minimum atomic E-state index is -0.204. The maximum Gasteiger partial charge on any atom is 0.231 e. The van der Waals surface area contributed by atoms with E-state index in [0.29, 0.717) is 22.8 Å². The number of rotatable bonds is 3. The molecule has 4 nitrogen and oxygen atoms in total. The van der Waals surface area contributed by atoms with E-state index in [4.69, 9.17) is 14.2 Å². The van der Waals surface area contributed by atoms with Crippen LogP contribution in [0.25, 0.3) is 0 Å². The van der Waals surface area contributed by atoms with Crippen LogP contribution in [0, 0.1) is 0 Å². The fourth-order valence-corrected chi connectivity index (χ4v) is 1.39. The zero-order valence-corrected chi connectivity index (χ0v) is 8.28. The molecule has 1 aromatic carbocycles. The molecule has 0 aromatic heterocycles. The summed E-state index contributed by atoms with van der Waals surface area (Å²) in [6.45, 7) is 3.60. The minimum Gasteiger partial charge on any atom is -0.496 e. The molecule has 15 heavy (non-hydrogen) atoms.